The van der Waals surface area contributed by atoms with Crippen LogP contribution in [-0.4, -0.2) is 19.1 Å². The van der Waals surface area contributed by atoms with E-state index in [0.29, 0.717) is 10.8 Å². The van der Waals surface area contributed by atoms with E-state index in [1.54, 1.807) is 38.3 Å². The van der Waals surface area contributed by atoms with Gasteiger partial charge in [0.15, 0.2) is 6.10 Å². The highest BCUT2D eigenvalue weighted by atomic mass is 35.5. The number of nitrogens with one attached hydrogen (secondary N) is 1. The molecular weight excluding hydrogens is 314 g/mol. The lowest BCUT2D eigenvalue weighted by atomic mass is 10.1. The molecule has 0 saturated heterocycles. The number of carbonyl (C=O) groups is 1. The molecule has 0 radical (unpaired) electrons. The number of benzene rings is 2. The maximum atomic E-state index is 12.3. The molecular formula is C18H20ClNO3. The van der Waals surface area contributed by atoms with Gasteiger partial charge in [0.1, 0.15) is 11.5 Å². The summed E-state index contributed by atoms with van der Waals surface area (Å²) < 4.78 is 10.9. The van der Waals surface area contributed by atoms with E-state index in [1.165, 1.54) is 0 Å². The van der Waals surface area contributed by atoms with Gasteiger partial charge in [0.2, 0.25) is 0 Å². The van der Waals surface area contributed by atoms with E-state index in [9.17, 15) is 4.79 Å². The first-order chi connectivity index (χ1) is 11.0. The minimum Gasteiger partial charge on any atom is -0.496 e. The molecule has 2 rings (SSSR count). The lowest BCUT2D eigenvalue weighted by molar-refractivity contribution is -0.127. The molecule has 5 heteroatoms. The molecule has 0 saturated carbocycles. The standard InChI is InChI=1S/C18H20ClNO3/c1-12(16-9-4-5-10-17(16)22-3)20-18(21)13(2)23-15-8-6-7-14(19)11-15/h4-13H,1-3H3,(H,20,21)/t12-,13-/m0/s1. The third kappa shape index (κ3) is 4.63. The first kappa shape index (κ1) is 17.2. The molecule has 0 aliphatic heterocycles. The number of hydrogen-bond acceptors (Lipinski definition) is 3. The first-order valence-electron chi connectivity index (χ1n) is 7.36. The van der Waals surface area contributed by atoms with Crippen LogP contribution in [0, 0.1) is 0 Å². The van der Waals surface area contributed by atoms with Crippen LogP contribution < -0.4 is 14.8 Å². The van der Waals surface area contributed by atoms with Crippen LogP contribution in [-0.2, 0) is 4.79 Å². The van der Waals surface area contributed by atoms with Crippen molar-refractivity contribution in [3.63, 3.8) is 0 Å². The fourth-order valence-electron chi connectivity index (χ4n) is 2.23. The number of carbonyl (C=O) groups excluding carboxylic acids is 1. The highest BCUT2D eigenvalue weighted by Crippen LogP contribution is 2.24. The number of halogens is 1. The molecule has 0 bridgehead atoms. The van der Waals surface area contributed by atoms with Crippen molar-refractivity contribution in [2.24, 2.45) is 0 Å². The average molecular weight is 334 g/mol. The minimum atomic E-state index is -0.634. The van der Waals surface area contributed by atoms with Crippen LogP contribution in [0.1, 0.15) is 25.5 Å². The molecule has 23 heavy (non-hydrogen) atoms. The van der Waals surface area contributed by atoms with Gasteiger partial charge in [-0.05, 0) is 38.1 Å². The van der Waals surface area contributed by atoms with Crippen LogP contribution in [0.25, 0.3) is 0 Å². The molecule has 2 aromatic rings. The zero-order chi connectivity index (χ0) is 16.8. The summed E-state index contributed by atoms with van der Waals surface area (Å²) in [5.74, 6) is 1.09. The molecule has 0 heterocycles. The molecule has 2 aromatic carbocycles. The predicted molar refractivity (Wildman–Crippen MR) is 91.1 cm³/mol. The maximum Gasteiger partial charge on any atom is 0.261 e. The molecule has 0 unspecified atom stereocenters. The van der Waals surface area contributed by atoms with Crippen LogP contribution in [0.2, 0.25) is 5.02 Å². The Morgan fingerprint density at radius 3 is 2.57 bits per heavy atom. The third-order valence-corrected chi connectivity index (χ3v) is 3.68. The van der Waals surface area contributed by atoms with Gasteiger partial charge >= 0.3 is 0 Å². The molecule has 122 valence electrons. The van der Waals surface area contributed by atoms with Crippen molar-refractivity contribution in [3.05, 3.63) is 59.1 Å². The second kappa shape index (κ2) is 7.88. The number of amides is 1. The summed E-state index contributed by atoms with van der Waals surface area (Å²) in [6.07, 6.45) is -0.634. The molecule has 0 aliphatic rings. The number of hydrogen-bond donors (Lipinski definition) is 1. The topological polar surface area (TPSA) is 47.6 Å². The Hall–Kier alpha value is -2.20. The van der Waals surface area contributed by atoms with E-state index in [4.69, 9.17) is 21.1 Å². The van der Waals surface area contributed by atoms with E-state index in [-0.39, 0.29) is 11.9 Å². The van der Waals surface area contributed by atoms with Crippen molar-refractivity contribution in [2.45, 2.75) is 26.0 Å². The Kier molecular flexibility index (Phi) is 5.88. The van der Waals surface area contributed by atoms with Gasteiger partial charge in [-0.2, -0.15) is 0 Å². The average Bonchev–Trinajstić information content (AvgIpc) is 2.54. The lowest BCUT2D eigenvalue weighted by Crippen LogP contribution is -2.37. The quantitative estimate of drug-likeness (QED) is 0.869. The van der Waals surface area contributed by atoms with Gasteiger partial charge in [-0.3, -0.25) is 4.79 Å². The Labute approximate surface area is 141 Å². The van der Waals surface area contributed by atoms with E-state index in [1.807, 2.05) is 31.2 Å². The van der Waals surface area contributed by atoms with Crippen molar-refractivity contribution in [1.29, 1.82) is 0 Å². The van der Waals surface area contributed by atoms with Gasteiger partial charge in [0.05, 0.1) is 13.2 Å². The Bertz CT molecular complexity index is 675. The second-order valence-corrected chi connectivity index (χ2v) is 5.63. The Morgan fingerprint density at radius 1 is 1.13 bits per heavy atom. The fraction of sp³-hybridized carbons (Fsp3) is 0.278. The number of rotatable bonds is 6. The highest BCUT2D eigenvalue weighted by Gasteiger charge is 2.19. The van der Waals surface area contributed by atoms with Crippen molar-refractivity contribution >= 4 is 17.5 Å². The summed E-state index contributed by atoms with van der Waals surface area (Å²) in [7, 11) is 1.61. The molecule has 0 aliphatic carbocycles. The van der Waals surface area contributed by atoms with Crippen LogP contribution in [0.15, 0.2) is 48.5 Å². The van der Waals surface area contributed by atoms with E-state index in [2.05, 4.69) is 5.32 Å². The van der Waals surface area contributed by atoms with Crippen LogP contribution in [0.5, 0.6) is 11.5 Å². The molecule has 0 fully saturated rings. The SMILES string of the molecule is COc1ccccc1[C@H](C)NC(=O)[C@H](C)Oc1cccc(Cl)c1. The van der Waals surface area contributed by atoms with Crippen LogP contribution in [0.4, 0.5) is 0 Å². The third-order valence-electron chi connectivity index (χ3n) is 3.44. The van der Waals surface area contributed by atoms with Gasteiger partial charge in [-0.25, -0.2) is 0 Å². The summed E-state index contributed by atoms with van der Waals surface area (Å²) >= 11 is 5.91. The van der Waals surface area contributed by atoms with Crippen LogP contribution >= 0.6 is 11.6 Å². The van der Waals surface area contributed by atoms with Gasteiger partial charge in [-0.15, -0.1) is 0 Å². The van der Waals surface area contributed by atoms with Crippen molar-refractivity contribution in [1.82, 2.24) is 5.32 Å². The van der Waals surface area contributed by atoms with Gasteiger partial charge in [-0.1, -0.05) is 35.9 Å². The second-order valence-electron chi connectivity index (χ2n) is 5.19. The Morgan fingerprint density at radius 2 is 1.87 bits per heavy atom. The van der Waals surface area contributed by atoms with Crippen LogP contribution in [0.3, 0.4) is 0 Å². The highest BCUT2D eigenvalue weighted by molar-refractivity contribution is 6.30. The zero-order valence-corrected chi connectivity index (χ0v) is 14.1. The molecule has 1 N–H and O–H groups in total. The van der Waals surface area contributed by atoms with Crippen molar-refractivity contribution in [3.8, 4) is 11.5 Å². The van der Waals surface area contributed by atoms with Crippen molar-refractivity contribution in [2.75, 3.05) is 7.11 Å². The normalized spacial score (nSPS) is 13.0. The largest absolute Gasteiger partial charge is 0.496 e. The zero-order valence-electron chi connectivity index (χ0n) is 13.4. The van der Waals surface area contributed by atoms with Gasteiger partial charge in [0, 0.05) is 10.6 Å². The van der Waals surface area contributed by atoms with Gasteiger partial charge in [0.25, 0.3) is 5.91 Å². The number of ether oxygens (including phenoxy) is 2. The fourth-order valence-corrected chi connectivity index (χ4v) is 2.41. The summed E-state index contributed by atoms with van der Waals surface area (Å²) in [6, 6.07) is 14.4. The van der Waals surface area contributed by atoms with E-state index < -0.39 is 6.10 Å². The Balaban J connectivity index is 2.00. The van der Waals surface area contributed by atoms with E-state index >= 15 is 0 Å². The summed E-state index contributed by atoms with van der Waals surface area (Å²) in [6.45, 7) is 3.60. The summed E-state index contributed by atoms with van der Waals surface area (Å²) in [5, 5.41) is 3.50. The minimum absolute atomic E-state index is 0.191. The predicted octanol–water partition coefficient (Wildman–Crippen LogP) is 3.99. The first-order valence-corrected chi connectivity index (χ1v) is 7.74. The molecule has 0 aromatic heterocycles. The maximum absolute atomic E-state index is 12.3. The number of para-hydroxylation sites is 1. The summed E-state index contributed by atoms with van der Waals surface area (Å²) in [5.41, 5.74) is 0.915. The summed E-state index contributed by atoms with van der Waals surface area (Å²) in [4.78, 5) is 12.3. The lowest BCUT2D eigenvalue weighted by Gasteiger charge is -2.20. The molecule has 0 spiro atoms. The van der Waals surface area contributed by atoms with Gasteiger partial charge < -0.3 is 14.8 Å². The van der Waals surface area contributed by atoms with E-state index in [0.717, 1.165) is 11.3 Å². The number of methoxy groups -OCH3 is 1. The smallest absolute Gasteiger partial charge is 0.261 e. The molecule has 4 nitrogen and oxygen atoms in total. The monoisotopic (exact) mass is 333 g/mol. The van der Waals surface area contributed by atoms with Crippen molar-refractivity contribution < 1.29 is 14.3 Å². The molecule has 2 atom stereocenters. The molecule has 1 amide bonds.